The molecule has 2 amide bonds. The fourth-order valence-electron chi connectivity index (χ4n) is 2.89. The molecule has 0 radical (unpaired) electrons. The van der Waals surface area contributed by atoms with Gasteiger partial charge in [-0.15, -0.1) is 0 Å². The Balaban J connectivity index is 1.73. The zero-order chi connectivity index (χ0) is 20.8. The Morgan fingerprint density at radius 1 is 0.931 bits per heavy atom. The molecule has 0 saturated heterocycles. The second-order valence-electron chi connectivity index (χ2n) is 6.56. The average Bonchev–Trinajstić information content (AvgIpc) is 2.72. The Kier molecular flexibility index (Phi) is 6.24. The highest BCUT2D eigenvalue weighted by Crippen LogP contribution is 2.21. The molecule has 0 aliphatic heterocycles. The fraction of sp³-hybridized carbons (Fsp3) is 0.174. The third kappa shape index (κ3) is 4.99. The second-order valence-corrected chi connectivity index (χ2v) is 6.56. The topological polar surface area (TPSA) is 80.3 Å². The van der Waals surface area contributed by atoms with Gasteiger partial charge in [0.25, 0.3) is 11.8 Å². The summed E-state index contributed by atoms with van der Waals surface area (Å²) in [6, 6.07) is 15.9. The molecule has 6 nitrogen and oxygen atoms in total. The van der Waals surface area contributed by atoms with Gasteiger partial charge in [-0.25, -0.2) is 0 Å². The first-order chi connectivity index (χ1) is 14.0. The summed E-state index contributed by atoms with van der Waals surface area (Å²) >= 11 is 0. The van der Waals surface area contributed by atoms with E-state index < -0.39 is 5.91 Å². The molecule has 2 aromatic carbocycles. The Morgan fingerprint density at radius 3 is 2.28 bits per heavy atom. The Morgan fingerprint density at radius 2 is 1.62 bits per heavy atom. The van der Waals surface area contributed by atoms with Crippen molar-refractivity contribution in [1.82, 2.24) is 4.98 Å². The number of carbonyl (C=O) groups is 2. The van der Waals surface area contributed by atoms with Crippen molar-refractivity contribution in [1.29, 1.82) is 0 Å². The smallest absolute Gasteiger partial charge is 0.274 e. The molecule has 6 heteroatoms. The highest BCUT2D eigenvalue weighted by Gasteiger charge is 2.14. The van der Waals surface area contributed by atoms with Crippen LogP contribution in [0.5, 0.6) is 5.75 Å². The van der Waals surface area contributed by atoms with E-state index in [-0.39, 0.29) is 11.6 Å². The Bertz CT molecular complexity index is 1010. The highest BCUT2D eigenvalue weighted by molar-refractivity contribution is 6.08. The van der Waals surface area contributed by atoms with Gasteiger partial charge in [0.1, 0.15) is 11.4 Å². The first-order valence-electron chi connectivity index (χ1n) is 9.35. The van der Waals surface area contributed by atoms with Crippen LogP contribution < -0.4 is 15.4 Å². The molecule has 3 rings (SSSR count). The molecule has 2 N–H and O–H groups in total. The van der Waals surface area contributed by atoms with Crippen molar-refractivity contribution in [3.8, 4) is 5.75 Å². The second kappa shape index (κ2) is 9.01. The molecule has 0 fully saturated rings. The van der Waals surface area contributed by atoms with Gasteiger partial charge in [0, 0.05) is 23.1 Å². The minimum absolute atomic E-state index is 0.160. The third-order valence-electron chi connectivity index (χ3n) is 4.40. The molecule has 0 saturated carbocycles. The predicted molar refractivity (Wildman–Crippen MR) is 114 cm³/mol. The monoisotopic (exact) mass is 389 g/mol. The van der Waals surface area contributed by atoms with Crippen LogP contribution in [0.15, 0.2) is 60.8 Å². The third-order valence-corrected chi connectivity index (χ3v) is 4.40. The van der Waals surface area contributed by atoms with Gasteiger partial charge in [0.05, 0.1) is 6.61 Å². The number of nitrogens with zero attached hydrogens (tertiary/aromatic N) is 1. The molecule has 148 valence electrons. The lowest BCUT2D eigenvalue weighted by Gasteiger charge is -2.12. The number of carbonyl (C=O) groups excluding carboxylic acids is 2. The van der Waals surface area contributed by atoms with Gasteiger partial charge in [0.2, 0.25) is 0 Å². The van der Waals surface area contributed by atoms with Crippen LogP contribution in [-0.2, 0) is 0 Å². The SMILES string of the molecule is CCOc1ccc(NC(=O)c2cc(C(=O)Nc3c(C)cccc3C)ccn2)cc1. The number of hydrogen-bond donors (Lipinski definition) is 2. The van der Waals surface area contributed by atoms with Crippen LogP contribution in [0.3, 0.4) is 0 Å². The van der Waals surface area contributed by atoms with Gasteiger partial charge < -0.3 is 15.4 Å². The van der Waals surface area contributed by atoms with E-state index in [1.54, 1.807) is 30.3 Å². The van der Waals surface area contributed by atoms with E-state index >= 15 is 0 Å². The van der Waals surface area contributed by atoms with E-state index in [0.29, 0.717) is 17.9 Å². The minimum Gasteiger partial charge on any atom is -0.494 e. The van der Waals surface area contributed by atoms with Gasteiger partial charge in [-0.2, -0.15) is 0 Å². The van der Waals surface area contributed by atoms with Gasteiger partial charge >= 0.3 is 0 Å². The molecule has 29 heavy (non-hydrogen) atoms. The number of rotatable bonds is 6. The van der Waals surface area contributed by atoms with E-state index in [1.165, 1.54) is 12.3 Å². The highest BCUT2D eigenvalue weighted by atomic mass is 16.5. The largest absolute Gasteiger partial charge is 0.494 e. The fourth-order valence-corrected chi connectivity index (χ4v) is 2.89. The predicted octanol–water partition coefficient (Wildman–Crippen LogP) is 4.60. The van der Waals surface area contributed by atoms with Crippen molar-refractivity contribution >= 4 is 23.2 Å². The number of hydrogen-bond acceptors (Lipinski definition) is 4. The minimum atomic E-state index is -0.393. The molecule has 0 atom stereocenters. The molecule has 0 unspecified atom stereocenters. The van der Waals surface area contributed by atoms with Crippen LogP contribution in [0, 0.1) is 13.8 Å². The van der Waals surface area contributed by atoms with E-state index in [0.717, 1.165) is 22.6 Å². The van der Waals surface area contributed by atoms with Gasteiger partial charge in [-0.05, 0) is 68.3 Å². The molecular formula is C23H23N3O3. The summed E-state index contributed by atoms with van der Waals surface area (Å²) in [6.07, 6.45) is 1.45. The van der Waals surface area contributed by atoms with Crippen molar-refractivity contribution in [2.45, 2.75) is 20.8 Å². The van der Waals surface area contributed by atoms with Crippen molar-refractivity contribution < 1.29 is 14.3 Å². The molecule has 3 aromatic rings. The summed E-state index contributed by atoms with van der Waals surface area (Å²) in [6.45, 7) is 6.35. The van der Waals surface area contributed by atoms with E-state index in [2.05, 4.69) is 15.6 Å². The first-order valence-corrected chi connectivity index (χ1v) is 9.35. The van der Waals surface area contributed by atoms with Gasteiger partial charge in [-0.3, -0.25) is 14.6 Å². The number of aryl methyl sites for hydroxylation is 2. The number of benzene rings is 2. The van der Waals surface area contributed by atoms with E-state index in [4.69, 9.17) is 4.74 Å². The van der Waals surface area contributed by atoms with Crippen LogP contribution in [0.1, 0.15) is 38.9 Å². The van der Waals surface area contributed by atoms with Crippen molar-refractivity contribution in [3.05, 3.63) is 83.2 Å². The molecular weight excluding hydrogens is 366 g/mol. The molecule has 0 aliphatic carbocycles. The van der Waals surface area contributed by atoms with Crippen LogP contribution in [-0.4, -0.2) is 23.4 Å². The Labute approximate surface area is 169 Å². The molecule has 0 aliphatic rings. The zero-order valence-corrected chi connectivity index (χ0v) is 16.7. The van der Waals surface area contributed by atoms with E-state index in [9.17, 15) is 9.59 Å². The maximum atomic E-state index is 12.7. The summed E-state index contributed by atoms with van der Waals surface area (Å²) in [7, 11) is 0. The van der Waals surface area contributed by atoms with Crippen LogP contribution >= 0.6 is 0 Å². The summed E-state index contributed by atoms with van der Waals surface area (Å²) < 4.78 is 5.39. The quantitative estimate of drug-likeness (QED) is 0.646. The normalized spacial score (nSPS) is 10.3. The molecule has 0 bridgehead atoms. The summed E-state index contributed by atoms with van der Waals surface area (Å²) in [5.41, 5.74) is 3.86. The maximum absolute atomic E-state index is 12.7. The van der Waals surface area contributed by atoms with Crippen molar-refractivity contribution in [2.24, 2.45) is 0 Å². The maximum Gasteiger partial charge on any atom is 0.274 e. The van der Waals surface area contributed by atoms with Crippen molar-refractivity contribution in [3.63, 3.8) is 0 Å². The lowest BCUT2D eigenvalue weighted by molar-refractivity contribution is 0.102. The number of nitrogens with one attached hydrogen (secondary N) is 2. The first kappa shape index (κ1) is 20.1. The van der Waals surface area contributed by atoms with Crippen LogP contribution in [0.4, 0.5) is 11.4 Å². The number of anilines is 2. The number of para-hydroxylation sites is 1. The average molecular weight is 389 g/mol. The lowest BCUT2D eigenvalue weighted by Crippen LogP contribution is -2.17. The lowest BCUT2D eigenvalue weighted by atomic mass is 10.1. The molecule has 0 spiro atoms. The standard InChI is InChI=1S/C23H23N3O3/c1-4-29-19-10-8-18(9-11-19)25-23(28)20-14-17(12-13-24-20)22(27)26-21-15(2)6-5-7-16(21)3/h5-14H,4H2,1-3H3,(H,25,28)(H,26,27). The van der Waals surface area contributed by atoms with Crippen molar-refractivity contribution in [2.75, 3.05) is 17.2 Å². The summed E-state index contributed by atoms with van der Waals surface area (Å²) in [5.74, 6) is 0.0459. The molecule has 1 heterocycles. The number of ether oxygens (including phenoxy) is 1. The van der Waals surface area contributed by atoms with Gasteiger partial charge in [0.15, 0.2) is 0 Å². The number of amides is 2. The molecule has 1 aromatic heterocycles. The van der Waals surface area contributed by atoms with Gasteiger partial charge in [-0.1, -0.05) is 18.2 Å². The van der Waals surface area contributed by atoms with Crippen LogP contribution in [0.25, 0.3) is 0 Å². The Hall–Kier alpha value is -3.67. The van der Waals surface area contributed by atoms with Crippen LogP contribution in [0.2, 0.25) is 0 Å². The number of aromatic nitrogens is 1. The zero-order valence-electron chi connectivity index (χ0n) is 16.7. The summed E-state index contributed by atoms with van der Waals surface area (Å²) in [5, 5.41) is 5.69. The summed E-state index contributed by atoms with van der Waals surface area (Å²) in [4.78, 5) is 29.3. The number of pyridine rings is 1. The van der Waals surface area contributed by atoms with E-state index in [1.807, 2.05) is 39.0 Å².